The standard InChI is InChI=1S/C18H19FO4/c1-18(2)21-12-17(23-18)11-20-14-7-9-16(10-8-14)22-15-5-3-13(19)4-6-15/h3-10,17H,11-12H2,1-2H3/t17-/m0/s1. The number of halogens is 1. The molecule has 3 rings (SSSR count). The van der Waals surface area contributed by atoms with Crippen molar-refractivity contribution in [2.24, 2.45) is 0 Å². The summed E-state index contributed by atoms with van der Waals surface area (Å²) in [6.07, 6.45) is -0.0693. The molecule has 1 atom stereocenters. The second-order valence-corrected chi connectivity index (χ2v) is 5.79. The van der Waals surface area contributed by atoms with E-state index in [1.54, 1.807) is 24.3 Å². The van der Waals surface area contributed by atoms with Crippen LogP contribution in [-0.2, 0) is 9.47 Å². The quantitative estimate of drug-likeness (QED) is 0.830. The van der Waals surface area contributed by atoms with Crippen molar-refractivity contribution in [3.05, 3.63) is 54.3 Å². The molecule has 0 aromatic heterocycles. The van der Waals surface area contributed by atoms with Crippen LogP contribution in [0.1, 0.15) is 13.8 Å². The smallest absolute Gasteiger partial charge is 0.163 e. The normalized spacial score (nSPS) is 19.5. The first-order valence-electron chi connectivity index (χ1n) is 7.48. The van der Waals surface area contributed by atoms with Crippen LogP contribution in [-0.4, -0.2) is 25.1 Å². The number of ether oxygens (including phenoxy) is 4. The number of hydrogen-bond donors (Lipinski definition) is 0. The van der Waals surface area contributed by atoms with Gasteiger partial charge in [-0.1, -0.05) is 0 Å². The second kappa shape index (κ2) is 6.56. The molecule has 2 aromatic carbocycles. The fourth-order valence-electron chi connectivity index (χ4n) is 2.28. The Labute approximate surface area is 134 Å². The van der Waals surface area contributed by atoms with E-state index >= 15 is 0 Å². The molecule has 1 fully saturated rings. The Hall–Kier alpha value is -2.11. The first-order valence-corrected chi connectivity index (χ1v) is 7.48. The number of benzene rings is 2. The molecule has 1 heterocycles. The Balaban J connectivity index is 1.52. The SMILES string of the molecule is CC1(C)OC[C@H](COc2ccc(Oc3ccc(F)cc3)cc2)O1. The zero-order chi connectivity index (χ0) is 16.3. The molecule has 2 aromatic rings. The van der Waals surface area contributed by atoms with Gasteiger partial charge in [0.05, 0.1) is 6.61 Å². The van der Waals surface area contributed by atoms with Crippen molar-refractivity contribution in [3.63, 3.8) is 0 Å². The second-order valence-electron chi connectivity index (χ2n) is 5.79. The van der Waals surface area contributed by atoms with Gasteiger partial charge in [-0.3, -0.25) is 0 Å². The summed E-state index contributed by atoms with van der Waals surface area (Å²) in [7, 11) is 0. The van der Waals surface area contributed by atoms with E-state index < -0.39 is 5.79 Å². The van der Waals surface area contributed by atoms with Crippen LogP contribution < -0.4 is 9.47 Å². The van der Waals surface area contributed by atoms with E-state index in [-0.39, 0.29) is 11.9 Å². The Kier molecular flexibility index (Phi) is 4.50. The molecule has 4 nitrogen and oxygen atoms in total. The molecule has 0 aliphatic carbocycles. The van der Waals surface area contributed by atoms with Crippen LogP contribution in [0.4, 0.5) is 4.39 Å². The van der Waals surface area contributed by atoms with Crippen molar-refractivity contribution < 1.29 is 23.3 Å². The third-order valence-corrected chi connectivity index (χ3v) is 3.38. The molecule has 0 bridgehead atoms. The highest BCUT2D eigenvalue weighted by Crippen LogP contribution is 2.25. The minimum absolute atomic E-state index is 0.0693. The topological polar surface area (TPSA) is 36.9 Å². The van der Waals surface area contributed by atoms with Crippen LogP contribution in [0.5, 0.6) is 17.2 Å². The van der Waals surface area contributed by atoms with Gasteiger partial charge in [-0.15, -0.1) is 0 Å². The van der Waals surface area contributed by atoms with Gasteiger partial charge in [0.1, 0.15) is 35.8 Å². The Morgan fingerprint density at radius 3 is 2.13 bits per heavy atom. The summed E-state index contributed by atoms with van der Waals surface area (Å²) in [5.41, 5.74) is 0. The van der Waals surface area contributed by atoms with Gasteiger partial charge in [0, 0.05) is 0 Å². The maximum atomic E-state index is 12.8. The van der Waals surface area contributed by atoms with E-state index in [0.717, 1.165) is 5.75 Å². The third kappa shape index (κ3) is 4.43. The molecule has 0 unspecified atom stereocenters. The van der Waals surface area contributed by atoms with Crippen molar-refractivity contribution >= 4 is 0 Å². The molecule has 23 heavy (non-hydrogen) atoms. The van der Waals surface area contributed by atoms with E-state index in [9.17, 15) is 4.39 Å². The lowest BCUT2D eigenvalue weighted by Gasteiger charge is -2.17. The summed E-state index contributed by atoms with van der Waals surface area (Å²) in [6, 6.07) is 13.1. The maximum absolute atomic E-state index is 12.8. The highest BCUT2D eigenvalue weighted by atomic mass is 19.1. The highest BCUT2D eigenvalue weighted by molar-refractivity contribution is 5.35. The van der Waals surface area contributed by atoms with Crippen molar-refractivity contribution in [1.82, 2.24) is 0 Å². The minimum atomic E-state index is -0.541. The van der Waals surface area contributed by atoms with Gasteiger partial charge >= 0.3 is 0 Å². The predicted molar refractivity (Wildman–Crippen MR) is 83.3 cm³/mol. The Bertz CT molecular complexity index is 637. The van der Waals surface area contributed by atoms with E-state index in [0.29, 0.717) is 24.7 Å². The largest absolute Gasteiger partial charge is 0.491 e. The van der Waals surface area contributed by atoms with Crippen LogP contribution >= 0.6 is 0 Å². The number of hydrogen-bond acceptors (Lipinski definition) is 4. The molecule has 1 saturated heterocycles. The van der Waals surface area contributed by atoms with E-state index in [2.05, 4.69) is 0 Å². The average molecular weight is 318 g/mol. The van der Waals surface area contributed by atoms with Crippen molar-refractivity contribution in [1.29, 1.82) is 0 Å². The summed E-state index contributed by atoms with van der Waals surface area (Å²) in [5.74, 6) is 1.14. The molecule has 5 heteroatoms. The van der Waals surface area contributed by atoms with Crippen LogP contribution in [0.15, 0.2) is 48.5 Å². The zero-order valence-corrected chi connectivity index (χ0v) is 13.1. The molecule has 0 spiro atoms. The van der Waals surface area contributed by atoms with Crippen LogP contribution in [0, 0.1) is 5.82 Å². The third-order valence-electron chi connectivity index (χ3n) is 3.38. The summed E-state index contributed by atoms with van der Waals surface area (Å²) in [5, 5.41) is 0. The zero-order valence-electron chi connectivity index (χ0n) is 13.1. The molecule has 1 aliphatic rings. The molecule has 122 valence electrons. The van der Waals surface area contributed by atoms with Crippen LogP contribution in [0.3, 0.4) is 0 Å². The highest BCUT2D eigenvalue weighted by Gasteiger charge is 2.32. The van der Waals surface area contributed by atoms with Crippen molar-refractivity contribution in [3.8, 4) is 17.2 Å². The van der Waals surface area contributed by atoms with Gasteiger partial charge in [-0.2, -0.15) is 0 Å². The van der Waals surface area contributed by atoms with Gasteiger partial charge < -0.3 is 18.9 Å². The summed E-state index contributed by atoms with van der Waals surface area (Å²) < 4.78 is 35.3. The number of rotatable bonds is 5. The molecule has 0 saturated carbocycles. The first-order chi connectivity index (χ1) is 11.0. The summed E-state index contributed by atoms with van der Waals surface area (Å²) in [6.45, 7) is 4.73. The fourth-order valence-corrected chi connectivity index (χ4v) is 2.28. The van der Waals surface area contributed by atoms with Gasteiger partial charge in [0.2, 0.25) is 0 Å². The lowest BCUT2D eigenvalue weighted by molar-refractivity contribution is -0.141. The van der Waals surface area contributed by atoms with Gasteiger partial charge in [0.25, 0.3) is 0 Å². The van der Waals surface area contributed by atoms with Crippen LogP contribution in [0.25, 0.3) is 0 Å². The summed E-state index contributed by atoms with van der Waals surface area (Å²) in [4.78, 5) is 0. The lowest BCUT2D eigenvalue weighted by Crippen LogP contribution is -2.25. The average Bonchev–Trinajstić information content (AvgIpc) is 2.88. The molecular weight excluding hydrogens is 299 g/mol. The first kappa shape index (κ1) is 15.8. The van der Waals surface area contributed by atoms with Crippen molar-refractivity contribution in [2.45, 2.75) is 25.7 Å². The lowest BCUT2D eigenvalue weighted by atomic mass is 10.3. The van der Waals surface area contributed by atoms with E-state index in [1.807, 2.05) is 26.0 Å². The van der Waals surface area contributed by atoms with Gasteiger partial charge in [-0.05, 0) is 62.4 Å². The molecule has 1 aliphatic heterocycles. The Morgan fingerprint density at radius 1 is 1.00 bits per heavy atom. The molecular formula is C18H19FO4. The summed E-state index contributed by atoms with van der Waals surface area (Å²) >= 11 is 0. The van der Waals surface area contributed by atoms with Crippen molar-refractivity contribution in [2.75, 3.05) is 13.2 Å². The van der Waals surface area contributed by atoms with Gasteiger partial charge in [-0.25, -0.2) is 4.39 Å². The Morgan fingerprint density at radius 2 is 1.57 bits per heavy atom. The van der Waals surface area contributed by atoms with E-state index in [1.165, 1.54) is 12.1 Å². The molecule has 0 radical (unpaired) electrons. The van der Waals surface area contributed by atoms with Gasteiger partial charge in [0.15, 0.2) is 5.79 Å². The minimum Gasteiger partial charge on any atom is -0.491 e. The predicted octanol–water partition coefficient (Wildman–Crippen LogP) is 4.15. The van der Waals surface area contributed by atoms with E-state index in [4.69, 9.17) is 18.9 Å². The molecule has 0 N–H and O–H groups in total. The van der Waals surface area contributed by atoms with Crippen LogP contribution in [0.2, 0.25) is 0 Å². The molecule has 0 amide bonds. The monoisotopic (exact) mass is 318 g/mol. The fraction of sp³-hybridized carbons (Fsp3) is 0.333. The maximum Gasteiger partial charge on any atom is 0.163 e.